The summed E-state index contributed by atoms with van der Waals surface area (Å²) in [5.74, 6) is -2.17. The van der Waals surface area contributed by atoms with E-state index in [1.807, 2.05) is 18.2 Å². The highest BCUT2D eigenvalue weighted by Crippen LogP contribution is 2.19. The normalized spacial score (nSPS) is 10.5. The Labute approximate surface area is 158 Å². The summed E-state index contributed by atoms with van der Waals surface area (Å²) in [6.45, 7) is 0.993. The predicted molar refractivity (Wildman–Crippen MR) is 96.4 cm³/mol. The molecule has 0 aliphatic rings. The van der Waals surface area contributed by atoms with Crippen LogP contribution in [-0.4, -0.2) is 33.5 Å². The van der Waals surface area contributed by atoms with Crippen molar-refractivity contribution in [1.29, 1.82) is 0 Å². The monoisotopic (exact) mass is 388 g/mol. The van der Waals surface area contributed by atoms with Gasteiger partial charge in [-0.2, -0.15) is 9.90 Å². The van der Waals surface area contributed by atoms with Gasteiger partial charge in [0, 0.05) is 5.02 Å². The number of nitrogens with zero attached hydrogens (tertiary/aromatic N) is 3. The number of rotatable bonds is 5. The summed E-state index contributed by atoms with van der Waals surface area (Å²) in [7, 11) is 0. The zero-order chi connectivity index (χ0) is 19.4. The van der Waals surface area contributed by atoms with Gasteiger partial charge >= 0.3 is 5.97 Å². The van der Waals surface area contributed by atoms with Crippen molar-refractivity contribution >= 4 is 29.2 Å². The molecule has 0 aliphatic carbocycles. The Morgan fingerprint density at radius 2 is 1.93 bits per heavy atom. The Morgan fingerprint density at radius 3 is 2.67 bits per heavy atom. The van der Waals surface area contributed by atoms with Gasteiger partial charge in [-0.25, -0.2) is 9.18 Å². The molecule has 1 heterocycles. The summed E-state index contributed by atoms with van der Waals surface area (Å²) in [6, 6.07) is 12.8. The zero-order valence-electron chi connectivity index (χ0n) is 14.1. The standard InChI is InChI=1S/C18H14ClFN4O3/c1-11-17(23-24(22-11)13-5-3-2-4-6-13)18(26)27-10-16(25)21-15-9-12(19)7-8-14(15)20/h2-9H,10H2,1H3,(H,21,25). The lowest BCUT2D eigenvalue weighted by Gasteiger charge is -2.07. The number of benzene rings is 2. The molecule has 0 radical (unpaired) electrons. The molecule has 0 bridgehead atoms. The van der Waals surface area contributed by atoms with Crippen LogP contribution in [0.1, 0.15) is 16.2 Å². The van der Waals surface area contributed by atoms with Crippen molar-refractivity contribution in [2.75, 3.05) is 11.9 Å². The Bertz CT molecular complexity index is 992. The van der Waals surface area contributed by atoms with E-state index in [-0.39, 0.29) is 16.4 Å². The molecule has 3 aromatic rings. The smallest absolute Gasteiger partial charge is 0.361 e. The minimum absolute atomic E-state index is 0.0133. The molecular weight excluding hydrogens is 375 g/mol. The fourth-order valence-corrected chi connectivity index (χ4v) is 2.40. The SMILES string of the molecule is Cc1nn(-c2ccccc2)nc1C(=O)OCC(=O)Nc1cc(Cl)ccc1F. The van der Waals surface area contributed by atoms with Crippen LogP contribution in [0.5, 0.6) is 0 Å². The van der Waals surface area contributed by atoms with E-state index < -0.39 is 24.3 Å². The molecule has 2 aromatic carbocycles. The minimum atomic E-state index is -0.809. The summed E-state index contributed by atoms with van der Waals surface area (Å²) in [5.41, 5.74) is 0.911. The Hall–Kier alpha value is -3.26. The number of para-hydroxylation sites is 1. The highest BCUT2D eigenvalue weighted by molar-refractivity contribution is 6.30. The van der Waals surface area contributed by atoms with Gasteiger partial charge in [-0.15, -0.1) is 5.10 Å². The lowest BCUT2D eigenvalue weighted by molar-refractivity contribution is -0.119. The molecule has 9 heteroatoms. The summed E-state index contributed by atoms with van der Waals surface area (Å²) < 4.78 is 18.5. The number of anilines is 1. The highest BCUT2D eigenvalue weighted by atomic mass is 35.5. The van der Waals surface area contributed by atoms with Gasteiger partial charge < -0.3 is 10.1 Å². The van der Waals surface area contributed by atoms with Crippen LogP contribution in [-0.2, 0) is 9.53 Å². The van der Waals surface area contributed by atoms with Gasteiger partial charge in [-0.1, -0.05) is 29.8 Å². The Balaban J connectivity index is 1.63. The fraction of sp³-hybridized carbons (Fsp3) is 0.111. The quantitative estimate of drug-likeness (QED) is 0.678. The number of aryl methyl sites for hydroxylation is 1. The van der Waals surface area contributed by atoms with E-state index in [1.165, 1.54) is 16.9 Å². The number of aromatic nitrogens is 3. The van der Waals surface area contributed by atoms with Gasteiger partial charge in [0.2, 0.25) is 0 Å². The van der Waals surface area contributed by atoms with E-state index in [2.05, 4.69) is 15.5 Å². The second-order valence-electron chi connectivity index (χ2n) is 5.51. The van der Waals surface area contributed by atoms with Crippen LogP contribution < -0.4 is 5.32 Å². The molecule has 0 fully saturated rings. The van der Waals surface area contributed by atoms with Crippen LogP contribution in [0.3, 0.4) is 0 Å². The van der Waals surface area contributed by atoms with Crippen molar-refractivity contribution in [2.45, 2.75) is 6.92 Å². The first-order valence-corrected chi connectivity index (χ1v) is 8.23. The highest BCUT2D eigenvalue weighted by Gasteiger charge is 2.19. The van der Waals surface area contributed by atoms with E-state index in [0.717, 1.165) is 6.07 Å². The average Bonchev–Trinajstić information content (AvgIpc) is 3.05. The van der Waals surface area contributed by atoms with Crippen LogP contribution in [0, 0.1) is 12.7 Å². The summed E-state index contributed by atoms with van der Waals surface area (Å²) >= 11 is 5.76. The maximum absolute atomic E-state index is 13.6. The van der Waals surface area contributed by atoms with E-state index in [0.29, 0.717) is 11.4 Å². The average molecular weight is 389 g/mol. The van der Waals surface area contributed by atoms with Gasteiger partial charge in [0.05, 0.1) is 17.1 Å². The summed E-state index contributed by atoms with van der Waals surface area (Å²) in [6.07, 6.45) is 0. The van der Waals surface area contributed by atoms with Gasteiger partial charge in [0.1, 0.15) is 5.82 Å². The van der Waals surface area contributed by atoms with Crippen molar-refractivity contribution in [3.63, 3.8) is 0 Å². The van der Waals surface area contributed by atoms with Crippen molar-refractivity contribution in [2.24, 2.45) is 0 Å². The molecule has 1 amide bonds. The largest absolute Gasteiger partial charge is 0.451 e. The van der Waals surface area contributed by atoms with Crippen molar-refractivity contribution in [3.8, 4) is 5.69 Å². The molecule has 1 aromatic heterocycles. The van der Waals surface area contributed by atoms with Crippen LogP contribution >= 0.6 is 11.6 Å². The van der Waals surface area contributed by atoms with Crippen molar-refractivity contribution < 1.29 is 18.7 Å². The third-order valence-corrected chi connectivity index (χ3v) is 3.73. The number of carbonyl (C=O) groups excluding carboxylic acids is 2. The first-order valence-electron chi connectivity index (χ1n) is 7.85. The van der Waals surface area contributed by atoms with E-state index in [4.69, 9.17) is 16.3 Å². The van der Waals surface area contributed by atoms with E-state index in [9.17, 15) is 14.0 Å². The van der Waals surface area contributed by atoms with Gasteiger partial charge in [-0.3, -0.25) is 4.79 Å². The number of ether oxygens (including phenoxy) is 1. The van der Waals surface area contributed by atoms with Gasteiger partial charge in [0.15, 0.2) is 12.3 Å². The molecular formula is C18H14ClFN4O3. The number of hydrogen-bond acceptors (Lipinski definition) is 5. The molecule has 0 aliphatic heterocycles. The number of halogens is 2. The molecule has 0 saturated carbocycles. The van der Waals surface area contributed by atoms with Crippen molar-refractivity contribution in [3.05, 3.63) is 70.8 Å². The van der Waals surface area contributed by atoms with Gasteiger partial charge in [-0.05, 0) is 37.3 Å². The van der Waals surface area contributed by atoms with Crippen LogP contribution in [0.2, 0.25) is 5.02 Å². The number of carbonyl (C=O) groups is 2. The molecule has 3 rings (SSSR count). The summed E-state index contributed by atoms with van der Waals surface area (Å²) in [5, 5.41) is 10.8. The fourth-order valence-electron chi connectivity index (χ4n) is 2.22. The number of nitrogens with one attached hydrogen (secondary N) is 1. The maximum Gasteiger partial charge on any atom is 0.361 e. The molecule has 7 nitrogen and oxygen atoms in total. The summed E-state index contributed by atoms with van der Waals surface area (Å²) in [4.78, 5) is 25.4. The molecule has 0 atom stereocenters. The van der Waals surface area contributed by atoms with Crippen LogP contribution in [0.15, 0.2) is 48.5 Å². The topological polar surface area (TPSA) is 86.1 Å². The predicted octanol–water partition coefficient (Wildman–Crippen LogP) is 3.16. The van der Waals surface area contributed by atoms with Crippen LogP contribution in [0.25, 0.3) is 5.69 Å². The minimum Gasteiger partial charge on any atom is -0.451 e. The lowest BCUT2D eigenvalue weighted by Crippen LogP contribution is -2.22. The maximum atomic E-state index is 13.6. The Kier molecular flexibility index (Phi) is 5.46. The number of esters is 1. The lowest BCUT2D eigenvalue weighted by atomic mass is 10.3. The second-order valence-corrected chi connectivity index (χ2v) is 5.94. The number of hydrogen-bond donors (Lipinski definition) is 1. The Morgan fingerprint density at radius 1 is 1.19 bits per heavy atom. The molecule has 0 unspecified atom stereocenters. The molecule has 0 spiro atoms. The van der Waals surface area contributed by atoms with E-state index in [1.54, 1.807) is 19.1 Å². The van der Waals surface area contributed by atoms with Crippen molar-refractivity contribution in [1.82, 2.24) is 15.0 Å². The first kappa shape index (κ1) is 18.5. The number of amides is 1. The second kappa shape index (κ2) is 7.96. The van der Waals surface area contributed by atoms with Crippen LogP contribution in [0.4, 0.5) is 10.1 Å². The molecule has 0 saturated heterocycles. The molecule has 27 heavy (non-hydrogen) atoms. The third-order valence-electron chi connectivity index (χ3n) is 3.50. The molecule has 138 valence electrons. The molecule has 1 N–H and O–H groups in total. The zero-order valence-corrected chi connectivity index (χ0v) is 14.9. The van der Waals surface area contributed by atoms with E-state index >= 15 is 0 Å². The van der Waals surface area contributed by atoms with Gasteiger partial charge in [0.25, 0.3) is 5.91 Å². The third kappa shape index (κ3) is 4.48. The first-order chi connectivity index (χ1) is 12.9.